The molecule has 21 heavy (non-hydrogen) atoms. The summed E-state index contributed by atoms with van der Waals surface area (Å²) in [7, 11) is 1.32. The van der Waals surface area contributed by atoms with E-state index in [9.17, 15) is 14.9 Å². The first-order valence-electron chi connectivity index (χ1n) is 5.90. The maximum absolute atomic E-state index is 12.1. The van der Waals surface area contributed by atoms with Crippen LogP contribution in [0.1, 0.15) is 10.4 Å². The van der Waals surface area contributed by atoms with E-state index in [1.807, 2.05) is 6.07 Å². The predicted octanol–water partition coefficient (Wildman–Crippen LogP) is 3.62. The number of carbonyl (C=O) groups is 1. The Morgan fingerprint density at radius 2 is 2.05 bits per heavy atom. The molecule has 2 aromatic carbocycles. The lowest BCUT2D eigenvalue weighted by Crippen LogP contribution is -2.12. The van der Waals surface area contributed by atoms with Crippen LogP contribution in [0.4, 0.5) is 11.4 Å². The van der Waals surface area contributed by atoms with Crippen molar-refractivity contribution in [1.82, 2.24) is 0 Å². The lowest BCUT2D eigenvalue weighted by molar-refractivity contribution is -0.385. The molecule has 0 fully saturated rings. The van der Waals surface area contributed by atoms with E-state index in [1.54, 1.807) is 18.2 Å². The molecule has 6 nitrogen and oxygen atoms in total. The van der Waals surface area contributed by atoms with Gasteiger partial charge < -0.3 is 10.1 Å². The average molecular weight is 351 g/mol. The zero-order valence-electron chi connectivity index (χ0n) is 11.0. The molecule has 1 amide bonds. The molecule has 2 aromatic rings. The molecule has 7 heteroatoms. The monoisotopic (exact) mass is 350 g/mol. The summed E-state index contributed by atoms with van der Waals surface area (Å²) < 4.78 is 5.77. The first-order valence-corrected chi connectivity index (χ1v) is 6.70. The molecule has 0 heterocycles. The van der Waals surface area contributed by atoms with E-state index in [1.165, 1.54) is 25.3 Å². The summed E-state index contributed by atoms with van der Waals surface area (Å²) in [6, 6.07) is 11.1. The van der Waals surface area contributed by atoms with Crippen LogP contribution in [0.5, 0.6) is 5.75 Å². The van der Waals surface area contributed by atoms with E-state index in [0.717, 1.165) is 4.47 Å². The molecule has 0 aliphatic heterocycles. The number of nitrogens with zero attached hydrogens (tertiary/aromatic N) is 1. The van der Waals surface area contributed by atoms with E-state index in [-0.39, 0.29) is 22.9 Å². The molecule has 0 bridgehead atoms. The van der Waals surface area contributed by atoms with Gasteiger partial charge in [0.15, 0.2) is 5.75 Å². The molecule has 1 N–H and O–H groups in total. The van der Waals surface area contributed by atoms with E-state index in [2.05, 4.69) is 21.2 Å². The van der Waals surface area contributed by atoms with Gasteiger partial charge in [0.2, 0.25) is 0 Å². The first kappa shape index (κ1) is 15.0. The van der Waals surface area contributed by atoms with Crippen LogP contribution >= 0.6 is 15.9 Å². The van der Waals surface area contributed by atoms with Crippen LogP contribution in [-0.4, -0.2) is 17.9 Å². The van der Waals surface area contributed by atoms with Crippen molar-refractivity contribution in [1.29, 1.82) is 0 Å². The standard InChI is InChI=1S/C14H11BrN2O4/c1-21-13-7-9(5-6-12(13)17(19)20)14(18)16-11-4-2-3-10(15)8-11/h2-8H,1H3,(H,16,18). The van der Waals surface area contributed by atoms with Gasteiger partial charge in [-0.2, -0.15) is 0 Å². The number of halogens is 1. The van der Waals surface area contributed by atoms with Gasteiger partial charge in [0.05, 0.1) is 12.0 Å². The van der Waals surface area contributed by atoms with Crippen LogP contribution in [-0.2, 0) is 0 Å². The van der Waals surface area contributed by atoms with Crippen LogP contribution in [0.3, 0.4) is 0 Å². The van der Waals surface area contributed by atoms with Gasteiger partial charge in [-0.1, -0.05) is 22.0 Å². The smallest absolute Gasteiger partial charge is 0.310 e. The van der Waals surface area contributed by atoms with Crippen molar-refractivity contribution in [3.8, 4) is 5.75 Å². The van der Waals surface area contributed by atoms with E-state index in [4.69, 9.17) is 4.74 Å². The van der Waals surface area contributed by atoms with Gasteiger partial charge in [-0.05, 0) is 24.3 Å². The number of nitro benzene ring substituents is 1. The van der Waals surface area contributed by atoms with Crippen LogP contribution < -0.4 is 10.1 Å². The molecule has 2 rings (SSSR count). The number of ether oxygens (including phenoxy) is 1. The van der Waals surface area contributed by atoms with Crippen molar-refractivity contribution in [3.05, 3.63) is 62.6 Å². The highest BCUT2D eigenvalue weighted by Crippen LogP contribution is 2.28. The largest absolute Gasteiger partial charge is 0.490 e. The summed E-state index contributed by atoms with van der Waals surface area (Å²) in [5, 5.41) is 13.5. The fraction of sp³-hybridized carbons (Fsp3) is 0.0714. The number of benzene rings is 2. The number of amides is 1. The Morgan fingerprint density at radius 1 is 1.29 bits per heavy atom. The number of rotatable bonds is 4. The zero-order chi connectivity index (χ0) is 15.4. The molecular weight excluding hydrogens is 340 g/mol. The number of hydrogen-bond acceptors (Lipinski definition) is 4. The molecule has 0 saturated heterocycles. The third kappa shape index (κ3) is 3.57. The first-order chi connectivity index (χ1) is 10.0. The zero-order valence-corrected chi connectivity index (χ0v) is 12.6. The minimum Gasteiger partial charge on any atom is -0.490 e. The Bertz CT molecular complexity index is 703. The average Bonchev–Trinajstić information content (AvgIpc) is 2.46. The number of nitrogens with one attached hydrogen (secondary N) is 1. The molecule has 0 aliphatic carbocycles. The number of anilines is 1. The summed E-state index contributed by atoms with van der Waals surface area (Å²) >= 11 is 3.31. The fourth-order valence-electron chi connectivity index (χ4n) is 1.74. The molecule has 0 radical (unpaired) electrons. The highest BCUT2D eigenvalue weighted by atomic mass is 79.9. The third-order valence-electron chi connectivity index (χ3n) is 2.72. The molecule has 0 aromatic heterocycles. The quantitative estimate of drug-likeness (QED) is 0.674. The van der Waals surface area contributed by atoms with Gasteiger partial charge in [-0.25, -0.2) is 0 Å². The topological polar surface area (TPSA) is 81.5 Å². The number of nitro groups is 1. The van der Waals surface area contributed by atoms with Crippen LogP contribution in [0.2, 0.25) is 0 Å². The summed E-state index contributed by atoms with van der Waals surface area (Å²) in [6.07, 6.45) is 0. The van der Waals surface area contributed by atoms with Gasteiger partial charge >= 0.3 is 5.69 Å². The summed E-state index contributed by atoms with van der Waals surface area (Å²) in [5.74, 6) is -0.330. The van der Waals surface area contributed by atoms with Gasteiger partial charge in [-0.15, -0.1) is 0 Å². The number of hydrogen-bond donors (Lipinski definition) is 1. The number of methoxy groups -OCH3 is 1. The van der Waals surface area contributed by atoms with Crippen molar-refractivity contribution >= 4 is 33.2 Å². The summed E-state index contributed by atoms with van der Waals surface area (Å²) in [5.41, 5.74) is 0.709. The van der Waals surface area contributed by atoms with Crippen LogP contribution in [0.15, 0.2) is 46.9 Å². The van der Waals surface area contributed by atoms with Gasteiger partial charge in [0, 0.05) is 27.9 Å². The minimum atomic E-state index is -0.561. The predicted molar refractivity (Wildman–Crippen MR) is 81.7 cm³/mol. The van der Waals surface area contributed by atoms with E-state index < -0.39 is 4.92 Å². The number of carbonyl (C=O) groups excluding carboxylic acids is 1. The Kier molecular flexibility index (Phi) is 4.54. The molecule has 0 atom stereocenters. The highest BCUT2D eigenvalue weighted by Gasteiger charge is 2.17. The van der Waals surface area contributed by atoms with E-state index in [0.29, 0.717) is 5.69 Å². The van der Waals surface area contributed by atoms with Crippen molar-refractivity contribution in [2.45, 2.75) is 0 Å². The minimum absolute atomic E-state index is 0.0434. The molecule has 108 valence electrons. The van der Waals surface area contributed by atoms with Crippen molar-refractivity contribution in [2.75, 3.05) is 12.4 Å². The second kappa shape index (κ2) is 6.36. The second-order valence-electron chi connectivity index (χ2n) is 4.11. The van der Waals surface area contributed by atoms with Crippen LogP contribution in [0.25, 0.3) is 0 Å². The van der Waals surface area contributed by atoms with Crippen LogP contribution in [0, 0.1) is 10.1 Å². The van der Waals surface area contributed by atoms with Crippen molar-refractivity contribution in [2.24, 2.45) is 0 Å². The SMILES string of the molecule is COc1cc(C(=O)Nc2cccc(Br)c2)ccc1[N+](=O)[O-]. The maximum Gasteiger partial charge on any atom is 0.310 e. The Labute approximate surface area is 129 Å². The summed E-state index contributed by atoms with van der Waals surface area (Å²) in [4.78, 5) is 22.4. The lowest BCUT2D eigenvalue weighted by atomic mass is 10.1. The normalized spacial score (nSPS) is 10.0. The Morgan fingerprint density at radius 3 is 2.67 bits per heavy atom. The Hall–Kier alpha value is -2.41. The second-order valence-corrected chi connectivity index (χ2v) is 5.02. The van der Waals surface area contributed by atoms with Crippen molar-refractivity contribution in [3.63, 3.8) is 0 Å². The highest BCUT2D eigenvalue weighted by molar-refractivity contribution is 9.10. The maximum atomic E-state index is 12.1. The van der Waals surface area contributed by atoms with Gasteiger partial charge in [0.25, 0.3) is 5.91 Å². The Balaban J connectivity index is 2.25. The molecule has 0 saturated carbocycles. The molecule has 0 aliphatic rings. The van der Waals surface area contributed by atoms with Gasteiger partial charge in [0.1, 0.15) is 0 Å². The van der Waals surface area contributed by atoms with E-state index >= 15 is 0 Å². The molecule has 0 spiro atoms. The van der Waals surface area contributed by atoms with Crippen molar-refractivity contribution < 1.29 is 14.5 Å². The molecule has 0 unspecified atom stereocenters. The fourth-order valence-corrected chi connectivity index (χ4v) is 2.14. The molecular formula is C14H11BrN2O4. The lowest BCUT2D eigenvalue weighted by Gasteiger charge is -2.07. The summed E-state index contributed by atoms with van der Waals surface area (Å²) in [6.45, 7) is 0. The third-order valence-corrected chi connectivity index (χ3v) is 3.21. The van der Waals surface area contributed by atoms with Gasteiger partial charge in [-0.3, -0.25) is 14.9 Å².